The third kappa shape index (κ3) is 6.54. The summed E-state index contributed by atoms with van der Waals surface area (Å²) in [5.41, 5.74) is 7.71. The largest absolute Gasteiger partial charge is 0.330 e. The van der Waals surface area contributed by atoms with Gasteiger partial charge in [-0.05, 0) is 50.5 Å². The van der Waals surface area contributed by atoms with Crippen molar-refractivity contribution in [3.8, 4) is 0 Å². The number of carbonyl (C=O) groups excluding carboxylic acids is 3. The fraction of sp³-hybridized carbons (Fsp3) is 0.458. The molecule has 0 bridgehead atoms. The van der Waals surface area contributed by atoms with Gasteiger partial charge in [-0.15, -0.1) is 0 Å². The first-order chi connectivity index (χ1) is 15.5. The van der Waals surface area contributed by atoms with Gasteiger partial charge in [0.25, 0.3) is 11.8 Å². The summed E-state index contributed by atoms with van der Waals surface area (Å²) in [7, 11) is 0. The van der Waals surface area contributed by atoms with Crippen molar-refractivity contribution in [2.24, 2.45) is 5.41 Å². The molecule has 1 aromatic heterocycles. The number of aryl methyl sites for hydroxylation is 2. The van der Waals surface area contributed by atoms with Crippen LogP contribution >= 0.6 is 11.8 Å². The maximum Gasteiger partial charge on any atom is 0.269 e. The Bertz CT molecular complexity index is 1010. The number of nitrogens with zero attached hydrogens (tertiary/aromatic N) is 3. The van der Waals surface area contributed by atoms with Gasteiger partial charge in [-0.25, -0.2) is 9.97 Å². The SMILES string of the molecule is Cc1cc(C)nc(SCc2ccc(C(=O)NNC(=O)C3CCCN3C(=O)C(C)(C)C)cc2)n1. The average Bonchev–Trinajstić information content (AvgIpc) is 3.24. The molecule has 2 heterocycles. The van der Waals surface area contributed by atoms with Gasteiger partial charge in [0.15, 0.2) is 5.16 Å². The van der Waals surface area contributed by atoms with Crippen molar-refractivity contribution >= 4 is 29.5 Å². The summed E-state index contributed by atoms with van der Waals surface area (Å²) < 4.78 is 0. The van der Waals surface area contributed by atoms with Crippen LogP contribution in [0.15, 0.2) is 35.5 Å². The molecule has 1 unspecified atom stereocenters. The smallest absolute Gasteiger partial charge is 0.269 e. The Kier molecular flexibility index (Phi) is 7.73. The molecule has 9 heteroatoms. The fourth-order valence-electron chi connectivity index (χ4n) is 3.65. The highest BCUT2D eigenvalue weighted by Gasteiger charge is 2.38. The highest BCUT2D eigenvalue weighted by molar-refractivity contribution is 7.98. The van der Waals surface area contributed by atoms with Gasteiger partial charge in [0.05, 0.1) is 0 Å². The number of aromatic nitrogens is 2. The number of benzene rings is 1. The van der Waals surface area contributed by atoms with Crippen LogP contribution in [0.25, 0.3) is 0 Å². The maximum atomic E-state index is 12.6. The minimum atomic E-state index is -0.566. The first-order valence-electron chi connectivity index (χ1n) is 11.0. The van der Waals surface area contributed by atoms with Gasteiger partial charge in [0.1, 0.15) is 6.04 Å². The van der Waals surface area contributed by atoms with Crippen molar-refractivity contribution in [1.82, 2.24) is 25.7 Å². The number of hydrogen-bond acceptors (Lipinski definition) is 6. The third-order valence-electron chi connectivity index (χ3n) is 5.30. The topological polar surface area (TPSA) is 104 Å². The van der Waals surface area contributed by atoms with Crippen molar-refractivity contribution in [2.75, 3.05) is 6.54 Å². The predicted octanol–water partition coefficient (Wildman–Crippen LogP) is 3.18. The molecule has 2 N–H and O–H groups in total. The molecule has 1 fully saturated rings. The van der Waals surface area contributed by atoms with E-state index < -0.39 is 17.4 Å². The van der Waals surface area contributed by atoms with E-state index in [4.69, 9.17) is 0 Å². The lowest BCUT2D eigenvalue weighted by atomic mass is 9.94. The molecule has 3 amide bonds. The van der Waals surface area contributed by atoms with E-state index in [9.17, 15) is 14.4 Å². The number of hydrogen-bond donors (Lipinski definition) is 2. The van der Waals surface area contributed by atoms with E-state index >= 15 is 0 Å². The lowest BCUT2D eigenvalue weighted by Gasteiger charge is -2.30. The molecule has 8 nitrogen and oxygen atoms in total. The Morgan fingerprint density at radius 3 is 2.30 bits per heavy atom. The van der Waals surface area contributed by atoms with Crippen molar-refractivity contribution in [1.29, 1.82) is 0 Å². The van der Waals surface area contributed by atoms with Crippen LogP contribution in [0.2, 0.25) is 0 Å². The molecular weight excluding hydrogens is 438 g/mol. The molecule has 176 valence electrons. The van der Waals surface area contributed by atoms with Gasteiger partial charge in [0, 0.05) is 34.7 Å². The summed E-state index contributed by atoms with van der Waals surface area (Å²) in [6.07, 6.45) is 1.35. The number of hydrazine groups is 1. The second-order valence-electron chi connectivity index (χ2n) is 9.27. The molecule has 0 saturated carbocycles. The van der Waals surface area contributed by atoms with E-state index in [1.807, 2.05) is 52.8 Å². The van der Waals surface area contributed by atoms with Gasteiger partial charge in [0.2, 0.25) is 5.91 Å². The van der Waals surface area contributed by atoms with Crippen molar-refractivity contribution < 1.29 is 14.4 Å². The van der Waals surface area contributed by atoms with Gasteiger partial charge in [-0.2, -0.15) is 0 Å². The average molecular weight is 470 g/mol. The van der Waals surface area contributed by atoms with Crippen LogP contribution in [-0.2, 0) is 15.3 Å². The van der Waals surface area contributed by atoms with Gasteiger partial charge < -0.3 is 4.90 Å². The number of thioether (sulfide) groups is 1. The molecule has 33 heavy (non-hydrogen) atoms. The van der Waals surface area contributed by atoms with E-state index in [0.717, 1.165) is 28.5 Å². The van der Waals surface area contributed by atoms with E-state index in [0.29, 0.717) is 24.3 Å². The number of likely N-dealkylation sites (tertiary alicyclic amines) is 1. The van der Waals surface area contributed by atoms with Crippen LogP contribution in [-0.4, -0.2) is 45.2 Å². The van der Waals surface area contributed by atoms with Crippen LogP contribution in [0.3, 0.4) is 0 Å². The second-order valence-corrected chi connectivity index (χ2v) is 10.2. The fourth-order valence-corrected chi connectivity index (χ4v) is 4.55. The lowest BCUT2D eigenvalue weighted by molar-refractivity contribution is -0.144. The molecule has 1 aromatic carbocycles. The lowest BCUT2D eigenvalue weighted by Crippen LogP contribution is -2.53. The second kappa shape index (κ2) is 10.3. The molecule has 0 spiro atoms. The van der Waals surface area contributed by atoms with Crippen LogP contribution in [0.4, 0.5) is 0 Å². The van der Waals surface area contributed by atoms with Crippen molar-refractivity contribution in [3.05, 3.63) is 52.8 Å². The first-order valence-corrected chi connectivity index (χ1v) is 12.0. The summed E-state index contributed by atoms with van der Waals surface area (Å²) in [6, 6.07) is 8.53. The van der Waals surface area contributed by atoms with Gasteiger partial charge in [-0.3, -0.25) is 25.2 Å². The minimum absolute atomic E-state index is 0.0637. The number of amides is 3. The normalized spacial score (nSPS) is 15.9. The summed E-state index contributed by atoms with van der Waals surface area (Å²) in [5.74, 6) is -0.168. The van der Waals surface area contributed by atoms with Crippen molar-refractivity contribution in [3.63, 3.8) is 0 Å². The summed E-state index contributed by atoms with van der Waals surface area (Å²) in [5, 5.41) is 0.725. The maximum absolute atomic E-state index is 12.6. The summed E-state index contributed by atoms with van der Waals surface area (Å²) >= 11 is 1.54. The van der Waals surface area contributed by atoms with Crippen molar-refractivity contribution in [2.45, 2.75) is 64.4 Å². The Balaban J connectivity index is 1.52. The zero-order valence-corrected chi connectivity index (χ0v) is 20.6. The van der Waals surface area contributed by atoms with E-state index in [1.54, 1.807) is 17.0 Å². The first kappa shape index (κ1) is 24.7. The molecule has 0 aliphatic carbocycles. The van der Waals surface area contributed by atoms with E-state index in [1.165, 1.54) is 11.8 Å². The predicted molar refractivity (Wildman–Crippen MR) is 127 cm³/mol. The summed E-state index contributed by atoms with van der Waals surface area (Å²) in [6.45, 7) is 9.94. The standard InChI is InChI=1S/C24H31N5O3S/c1-15-13-16(2)26-23(25-15)33-14-17-8-10-18(11-9-17)20(30)27-28-21(31)19-7-6-12-29(19)22(32)24(3,4)5/h8-11,13,19H,6-7,12,14H2,1-5H3,(H,27,30)(H,28,31). The number of rotatable bonds is 5. The molecule has 1 aliphatic rings. The van der Waals surface area contributed by atoms with Crippen LogP contribution in [0.5, 0.6) is 0 Å². The summed E-state index contributed by atoms with van der Waals surface area (Å²) in [4.78, 5) is 48.1. The Hall–Kier alpha value is -2.94. The van der Waals surface area contributed by atoms with Crippen LogP contribution in [0, 0.1) is 19.3 Å². The van der Waals surface area contributed by atoms with Gasteiger partial charge in [-0.1, -0.05) is 44.7 Å². The molecule has 1 saturated heterocycles. The van der Waals surface area contributed by atoms with Crippen LogP contribution in [0.1, 0.15) is 60.9 Å². The molecule has 2 aromatic rings. The Morgan fingerprint density at radius 2 is 1.70 bits per heavy atom. The van der Waals surface area contributed by atoms with E-state index in [2.05, 4.69) is 20.8 Å². The highest BCUT2D eigenvalue weighted by atomic mass is 32.2. The molecule has 1 aliphatic heterocycles. The molecule has 0 radical (unpaired) electrons. The van der Waals surface area contributed by atoms with Crippen LogP contribution < -0.4 is 10.9 Å². The zero-order valence-electron chi connectivity index (χ0n) is 19.8. The highest BCUT2D eigenvalue weighted by Crippen LogP contribution is 2.25. The number of nitrogens with one attached hydrogen (secondary N) is 2. The quantitative estimate of drug-likeness (QED) is 0.396. The van der Waals surface area contributed by atoms with E-state index in [-0.39, 0.29) is 11.8 Å². The molecule has 3 rings (SSSR count). The third-order valence-corrected chi connectivity index (χ3v) is 6.22. The van der Waals surface area contributed by atoms with Gasteiger partial charge >= 0.3 is 0 Å². The zero-order chi connectivity index (χ0) is 24.2. The Morgan fingerprint density at radius 1 is 1.06 bits per heavy atom. The number of carbonyl (C=O) groups is 3. The molecular formula is C24H31N5O3S. The minimum Gasteiger partial charge on any atom is -0.330 e. The Labute approximate surface area is 198 Å². The monoisotopic (exact) mass is 469 g/mol. The molecule has 1 atom stereocenters.